The lowest BCUT2D eigenvalue weighted by molar-refractivity contribution is -0.136. The topological polar surface area (TPSA) is 153 Å². The minimum atomic E-state index is -0.658. The van der Waals surface area contributed by atoms with Gasteiger partial charge >= 0.3 is 0 Å². The SMILES string of the molecule is NCCCNCCCCNC(=O)C(NCCCCCCCN=C(N)N)OCc1ccccc1. The van der Waals surface area contributed by atoms with Crippen LogP contribution in [0.2, 0.25) is 0 Å². The van der Waals surface area contributed by atoms with Crippen LogP contribution in [0.5, 0.6) is 0 Å². The summed E-state index contributed by atoms with van der Waals surface area (Å²) in [5, 5.41) is 9.62. The number of hydrogen-bond donors (Lipinski definition) is 6. The second-order valence-electron chi connectivity index (χ2n) is 8.10. The van der Waals surface area contributed by atoms with Crippen LogP contribution in [0.25, 0.3) is 0 Å². The summed E-state index contributed by atoms with van der Waals surface area (Å²) in [6.45, 7) is 5.03. The Bertz CT molecular complexity index is 624. The van der Waals surface area contributed by atoms with E-state index in [1.165, 1.54) is 0 Å². The van der Waals surface area contributed by atoms with E-state index in [2.05, 4.69) is 20.9 Å². The van der Waals surface area contributed by atoms with Crippen LogP contribution in [-0.2, 0) is 16.1 Å². The number of ether oxygens (including phenoxy) is 1. The number of amides is 1. The van der Waals surface area contributed by atoms with Crippen LogP contribution in [0.4, 0.5) is 0 Å². The molecule has 33 heavy (non-hydrogen) atoms. The van der Waals surface area contributed by atoms with Gasteiger partial charge in [0.25, 0.3) is 5.91 Å². The van der Waals surface area contributed by atoms with Gasteiger partial charge in [-0.1, -0.05) is 49.6 Å². The first kappa shape index (κ1) is 28.8. The Morgan fingerprint density at radius 2 is 1.55 bits per heavy atom. The third kappa shape index (κ3) is 17.0. The summed E-state index contributed by atoms with van der Waals surface area (Å²) in [5.41, 5.74) is 17.2. The highest BCUT2D eigenvalue weighted by Gasteiger charge is 2.18. The number of hydrogen-bond acceptors (Lipinski definition) is 6. The third-order valence-corrected chi connectivity index (χ3v) is 5.09. The van der Waals surface area contributed by atoms with Gasteiger partial charge in [0, 0.05) is 13.1 Å². The number of guanidine groups is 1. The molecule has 0 saturated carbocycles. The van der Waals surface area contributed by atoms with E-state index in [4.69, 9.17) is 21.9 Å². The summed E-state index contributed by atoms with van der Waals surface area (Å²) in [7, 11) is 0. The molecule has 0 aliphatic heterocycles. The average Bonchev–Trinajstić information content (AvgIpc) is 2.81. The van der Waals surface area contributed by atoms with Crippen LogP contribution < -0.4 is 33.2 Å². The molecule has 9 heteroatoms. The Morgan fingerprint density at radius 1 is 0.879 bits per heavy atom. The van der Waals surface area contributed by atoms with E-state index < -0.39 is 6.23 Å². The molecule has 0 bridgehead atoms. The van der Waals surface area contributed by atoms with Crippen molar-refractivity contribution in [3.8, 4) is 0 Å². The number of rotatable bonds is 21. The maximum atomic E-state index is 12.7. The second-order valence-corrected chi connectivity index (χ2v) is 8.10. The molecule has 188 valence electrons. The van der Waals surface area contributed by atoms with Crippen molar-refractivity contribution in [2.75, 3.05) is 39.3 Å². The van der Waals surface area contributed by atoms with Gasteiger partial charge < -0.3 is 32.6 Å². The molecule has 1 aromatic carbocycles. The molecular weight excluding hydrogens is 418 g/mol. The zero-order chi connectivity index (χ0) is 24.0. The summed E-state index contributed by atoms with van der Waals surface area (Å²) in [6.07, 6.45) is 7.52. The standard InChI is InChI=1S/C24H45N7O2/c25-14-11-16-28-15-9-10-17-29-22(32)23(33-20-21-12-5-4-6-13-21)30-18-7-2-1-3-8-19-31-24(26)27/h4-6,12-13,23,28,30H,1-3,7-11,14-20,25H2,(H,29,32)(H4,26,27,31). The molecule has 0 fully saturated rings. The van der Waals surface area contributed by atoms with Crippen LogP contribution in [0.1, 0.15) is 56.9 Å². The first-order chi connectivity index (χ1) is 16.1. The van der Waals surface area contributed by atoms with Gasteiger partial charge in [-0.25, -0.2) is 0 Å². The van der Waals surface area contributed by atoms with Gasteiger partial charge in [0.1, 0.15) is 0 Å². The summed E-state index contributed by atoms with van der Waals surface area (Å²) in [6, 6.07) is 9.89. The highest BCUT2D eigenvalue weighted by molar-refractivity contribution is 5.80. The molecule has 0 heterocycles. The number of nitrogens with zero attached hydrogens (tertiary/aromatic N) is 1. The minimum Gasteiger partial charge on any atom is -0.370 e. The fourth-order valence-electron chi connectivity index (χ4n) is 3.22. The van der Waals surface area contributed by atoms with Gasteiger partial charge in [0.2, 0.25) is 0 Å². The molecule has 1 rings (SSSR count). The highest BCUT2D eigenvalue weighted by atomic mass is 16.5. The van der Waals surface area contributed by atoms with Crippen LogP contribution >= 0.6 is 0 Å². The van der Waals surface area contributed by atoms with E-state index in [0.717, 1.165) is 76.6 Å². The zero-order valence-corrected chi connectivity index (χ0v) is 20.1. The van der Waals surface area contributed by atoms with Crippen molar-refractivity contribution >= 4 is 11.9 Å². The maximum Gasteiger partial charge on any atom is 0.264 e. The second kappa shape index (κ2) is 20.4. The Labute approximate surface area is 199 Å². The monoisotopic (exact) mass is 463 g/mol. The van der Waals surface area contributed by atoms with Gasteiger partial charge in [-0.3, -0.25) is 15.1 Å². The first-order valence-electron chi connectivity index (χ1n) is 12.3. The maximum absolute atomic E-state index is 12.7. The summed E-state index contributed by atoms with van der Waals surface area (Å²) >= 11 is 0. The molecule has 1 amide bonds. The predicted molar refractivity (Wildman–Crippen MR) is 136 cm³/mol. The van der Waals surface area contributed by atoms with Crippen molar-refractivity contribution in [2.24, 2.45) is 22.2 Å². The first-order valence-corrected chi connectivity index (χ1v) is 12.3. The summed E-state index contributed by atoms with van der Waals surface area (Å²) in [4.78, 5) is 16.7. The van der Waals surface area contributed by atoms with Crippen molar-refractivity contribution < 1.29 is 9.53 Å². The van der Waals surface area contributed by atoms with Gasteiger partial charge in [-0.05, 0) is 63.8 Å². The fraction of sp³-hybridized carbons (Fsp3) is 0.667. The van der Waals surface area contributed by atoms with E-state index in [1.807, 2.05) is 30.3 Å². The van der Waals surface area contributed by atoms with Gasteiger partial charge in [-0.15, -0.1) is 0 Å². The molecule has 0 saturated heterocycles. The quantitative estimate of drug-likeness (QED) is 0.0692. The Hall–Kier alpha value is -2.20. The smallest absolute Gasteiger partial charge is 0.264 e. The lowest BCUT2D eigenvalue weighted by Gasteiger charge is -2.19. The number of carbonyl (C=O) groups is 1. The van der Waals surface area contributed by atoms with Crippen molar-refractivity contribution in [1.29, 1.82) is 0 Å². The number of nitrogens with two attached hydrogens (primary N) is 3. The van der Waals surface area contributed by atoms with Gasteiger partial charge in [0.15, 0.2) is 12.2 Å². The van der Waals surface area contributed by atoms with Crippen LogP contribution in [0.15, 0.2) is 35.3 Å². The molecule has 0 aliphatic carbocycles. The molecule has 0 aliphatic rings. The summed E-state index contributed by atoms with van der Waals surface area (Å²) in [5.74, 6) is 0.0393. The summed E-state index contributed by atoms with van der Waals surface area (Å²) < 4.78 is 5.91. The largest absolute Gasteiger partial charge is 0.370 e. The van der Waals surface area contributed by atoms with Crippen molar-refractivity contribution in [2.45, 2.75) is 64.2 Å². The number of nitrogens with one attached hydrogen (secondary N) is 3. The molecular formula is C24H45N7O2. The molecule has 0 radical (unpaired) electrons. The average molecular weight is 464 g/mol. The van der Waals surface area contributed by atoms with Crippen LogP contribution in [0, 0.1) is 0 Å². The van der Waals surface area contributed by atoms with E-state index in [1.54, 1.807) is 0 Å². The highest BCUT2D eigenvalue weighted by Crippen LogP contribution is 2.05. The fourth-order valence-corrected chi connectivity index (χ4v) is 3.22. The number of unbranched alkanes of at least 4 members (excludes halogenated alkanes) is 5. The normalized spacial score (nSPS) is 11.8. The van der Waals surface area contributed by atoms with Crippen molar-refractivity contribution in [3.05, 3.63) is 35.9 Å². The van der Waals surface area contributed by atoms with Crippen LogP contribution in [0.3, 0.4) is 0 Å². The van der Waals surface area contributed by atoms with E-state index in [9.17, 15) is 4.79 Å². The lowest BCUT2D eigenvalue weighted by Crippen LogP contribution is -2.46. The molecule has 0 aromatic heterocycles. The lowest BCUT2D eigenvalue weighted by atomic mass is 10.1. The van der Waals surface area contributed by atoms with E-state index in [0.29, 0.717) is 26.2 Å². The molecule has 9 N–H and O–H groups in total. The number of benzene rings is 1. The van der Waals surface area contributed by atoms with Crippen molar-refractivity contribution in [1.82, 2.24) is 16.0 Å². The molecule has 1 atom stereocenters. The molecule has 1 unspecified atom stereocenters. The van der Waals surface area contributed by atoms with Gasteiger partial charge in [0.05, 0.1) is 6.61 Å². The predicted octanol–water partition coefficient (Wildman–Crippen LogP) is 1.18. The molecule has 0 spiro atoms. The van der Waals surface area contributed by atoms with E-state index >= 15 is 0 Å². The third-order valence-electron chi connectivity index (χ3n) is 5.09. The minimum absolute atomic E-state index is 0.112. The Balaban J connectivity index is 2.27. The zero-order valence-electron chi connectivity index (χ0n) is 20.1. The molecule has 1 aromatic rings. The number of aliphatic imine (C=N–C) groups is 1. The van der Waals surface area contributed by atoms with Crippen LogP contribution in [-0.4, -0.2) is 57.4 Å². The Kier molecular flexibility index (Phi) is 17.8. The van der Waals surface area contributed by atoms with E-state index in [-0.39, 0.29) is 11.9 Å². The van der Waals surface area contributed by atoms with Crippen molar-refractivity contribution in [3.63, 3.8) is 0 Å². The number of carbonyl (C=O) groups excluding carboxylic acids is 1. The Morgan fingerprint density at radius 3 is 2.30 bits per heavy atom. The molecule has 9 nitrogen and oxygen atoms in total. The van der Waals surface area contributed by atoms with Gasteiger partial charge in [-0.2, -0.15) is 0 Å².